The molecule has 4 heterocycles. The van der Waals surface area contributed by atoms with E-state index in [9.17, 15) is 14.4 Å². The first-order chi connectivity index (χ1) is 18.1. The molecule has 1 saturated heterocycles. The lowest BCUT2D eigenvalue weighted by Gasteiger charge is -2.30. The molecule has 0 spiro atoms. The molecule has 1 fully saturated rings. The van der Waals surface area contributed by atoms with Crippen LogP contribution in [-0.2, 0) is 16.1 Å². The van der Waals surface area contributed by atoms with Crippen LogP contribution in [0.5, 0.6) is 0 Å². The Labute approximate surface area is 220 Å². The number of fused-ring (bicyclic) bond motifs is 3. The Hall–Kier alpha value is -3.88. The van der Waals surface area contributed by atoms with Crippen LogP contribution in [0.15, 0.2) is 101 Å². The van der Waals surface area contributed by atoms with Gasteiger partial charge in [-0.2, -0.15) is 0 Å². The fraction of sp³-hybridized carbons (Fsp3) is 0.138. The average Bonchev–Trinajstić information content (AvgIpc) is 3.54. The van der Waals surface area contributed by atoms with Gasteiger partial charge in [-0.05, 0) is 29.3 Å². The van der Waals surface area contributed by atoms with Crippen LogP contribution in [0.3, 0.4) is 0 Å². The topological polar surface area (TPSA) is 73.1 Å². The Bertz CT molecular complexity index is 1740. The Kier molecular flexibility index (Phi) is 5.19. The maximum Gasteiger partial charge on any atom is 0.312 e. The molecule has 2 aliphatic rings. The summed E-state index contributed by atoms with van der Waals surface area (Å²) in [5, 5.41) is 3.75. The van der Waals surface area contributed by atoms with Crippen molar-refractivity contribution in [3.63, 3.8) is 0 Å². The van der Waals surface area contributed by atoms with E-state index in [2.05, 4.69) is 40.3 Å². The lowest BCUT2D eigenvalue weighted by molar-refractivity contribution is -0.125. The molecule has 2 aromatic heterocycles. The predicted molar refractivity (Wildman–Crippen MR) is 146 cm³/mol. The number of thiazole rings is 1. The Morgan fingerprint density at radius 1 is 0.811 bits per heavy atom. The lowest BCUT2D eigenvalue weighted by atomic mass is 9.83. The normalized spacial score (nSPS) is 20.6. The number of hydrogen-bond acceptors (Lipinski definition) is 5. The highest BCUT2D eigenvalue weighted by Crippen LogP contribution is 2.53. The predicted octanol–water partition coefficient (Wildman–Crippen LogP) is 4.78. The molecule has 3 atom stereocenters. The summed E-state index contributed by atoms with van der Waals surface area (Å²) in [5.74, 6) is -1.55. The zero-order valence-corrected chi connectivity index (χ0v) is 21.2. The van der Waals surface area contributed by atoms with Crippen LogP contribution >= 0.6 is 23.1 Å². The lowest BCUT2D eigenvalue weighted by Crippen LogP contribution is -2.31. The number of carbonyl (C=O) groups excluding carboxylic acids is 2. The zero-order chi connectivity index (χ0) is 25.1. The van der Waals surface area contributed by atoms with Gasteiger partial charge in [-0.1, -0.05) is 89.8 Å². The van der Waals surface area contributed by atoms with Gasteiger partial charge in [0.1, 0.15) is 5.25 Å². The SMILES string of the molecule is O=C1NC(=O)[C@@H]2Sc3c(sc(=O)n3-c3ccccc3)[C@@H](c3cn(Cc4ccccc4)c4ccccc34)[C@@H]12. The molecule has 1 N–H and O–H groups in total. The van der Waals surface area contributed by atoms with Gasteiger partial charge in [-0.25, -0.2) is 0 Å². The third-order valence-electron chi connectivity index (χ3n) is 7.17. The number of imide groups is 1. The third kappa shape index (κ3) is 3.51. The minimum Gasteiger partial charge on any atom is -0.343 e. The number of hydrogen-bond donors (Lipinski definition) is 1. The number of benzene rings is 3. The molecule has 3 aromatic carbocycles. The van der Waals surface area contributed by atoms with E-state index in [1.54, 1.807) is 4.57 Å². The highest BCUT2D eigenvalue weighted by atomic mass is 32.2. The molecule has 37 heavy (non-hydrogen) atoms. The maximum absolute atomic E-state index is 13.4. The molecule has 7 rings (SSSR count). The fourth-order valence-corrected chi connectivity index (χ4v) is 8.32. The van der Waals surface area contributed by atoms with Crippen molar-refractivity contribution in [1.82, 2.24) is 14.5 Å². The molecule has 0 unspecified atom stereocenters. The first kappa shape index (κ1) is 22.3. The van der Waals surface area contributed by atoms with E-state index in [1.807, 2.05) is 60.7 Å². The van der Waals surface area contributed by atoms with Crippen LogP contribution < -0.4 is 10.2 Å². The van der Waals surface area contributed by atoms with Gasteiger partial charge in [0.05, 0.1) is 16.6 Å². The number of carbonyl (C=O) groups is 2. The van der Waals surface area contributed by atoms with E-state index in [0.717, 1.165) is 32.1 Å². The van der Waals surface area contributed by atoms with Gasteiger partial charge in [0.25, 0.3) is 0 Å². The highest BCUT2D eigenvalue weighted by molar-refractivity contribution is 8.00. The summed E-state index contributed by atoms with van der Waals surface area (Å²) in [7, 11) is 0. The molecule has 5 aromatic rings. The van der Waals surface area contributed by atoms with Gasteiger partial charge in [0.15, 0.2) is 0 Å². The van der Waals surface area contributed by atoms with E-state index < -0.39 is 17.1 Å². The van der Waals surface area contributed by atoms with Gasteiger partial charge in [-0.3, -0.25) is 24.3 Å². The van der Waals surface area contributed by atoms with E-state index in [4.69, 9.17) is 0 Å². The molecule has 2 aliphatic heterocycles. The standard InChI is InChI=1S/C29H21N3O3S2/c33-26-23-22(20-16-31(15-17-9-3-1-4-10-17)21-14-8-7-13-19(20)21)25-28(36-24(23)27(34)30-26)32(29(35)37-25)18-11-5-2-6-12-18/h1-14,16,22-24H,15H2,(H,30,33,34)/t22-,23+,24+/m0/s1. The summed E-state index contributed by atoms with van der Waals surface area (Å²) in [4.78, 5) is 40.2. The number of amides is 2. The molecule has 0 aliphatic carbocycles. The Balaban J connectivity index is 1.46. The summed E-state index contributed by atoms with van der Waals surface area (Å²) in [6, 6.07) is 27.8. The van der Waals surface area contributed by atoms with E-state index >= 15 is 0 Å². The summed E-state index contributed by atoms with van der Waals surface area (Å²) < 4.78 is 3.88. The fourth-order valence-electron chi connectivity index (χ4n) is 5.56. The first-order valence-electron chi connectivity index (χ1n) is 12.0. The van der Waals surface area contributed by atoms with Crippen LogP contribution in [0.1, 0.15) is 21.9 Å². The monoisotopic (exact) mass is 523 g/mol. The van der Waals surface area contributed by atoms with Gasteiger partial charge in [-0.15, -0.1) is 0 Å². The van der Waals surface area contributed by atoms with E-state index in [0.29, 0.717) is 6.54 Å². The summed E-state index contributed by atoms with van der Waals surface area (Å²) in [6.45, 7) is 0.677. The molecule has 6 nitrogen and oxygen atoms in total. The highest BCUT2D eigenvalue weighted by Gasteiger charge is 2.53. The van der Waals surface area contributed by atoms with Gasteiger partial charge in [0, 0.05) is 34.4 Å². The summed E-state index contributed by atoms with van der Waals surface area (Å²) in [6.07, 6.45) is 2.10. The van der Waals surface area contributed by atoms with Crippen molar-refractivity contribution in [2.75, 3.05) is 0 Å². The number of nitrogens with one attached hydrogen (secondary N) is 1. The first-order valence-corrected chi connectivity index (χ1v) is 13.7. The van der Waals surface area contributed by atoms with Crippen LogP contribution in [0.2, 0.25) is 0 Å². The number of rotatable bonds is 4. The van der Waals surface area contributed by atoms with Crippen molar-refractivity contribution < 1.29 is 9.59 Å². The van der Waals surface area contributed by atoms with Crippen LogP contribution in [0.4, 0.5) is 0 Å². The number of nitrogens with zero attached hydrogens (tertiary/aromatic N) is 2. The van der Waals surface area contributed by atoms with Gasteiger partial charge >= 0.3 is 4.87 Å². The molecular weight excluding hydrogens is 502 g/mol. The van der Waals surface area contributed by atoms with E-state index in [-0.39, 0.29) is 16.7 Å². The summed E-state index contributed by atoms with van der Waals surface area (Å²) >= 11 is 2.50. The van der Waals surface area contributed by atoms with Crippen molar-refractivity contribution in [3.8, 4) is 5.69 Å². The largest absolute Gasteiger partial charge is 0.343 e. The molecule has 0 bridgehead atoms. The Morgan fingerprint density at radius 2 is 1.51 bits per heavy atom. The van der Waals surface area contributed by atoms with Gasteiger partial charge in [0.2, 0.25) is 11.8 Å². The molecular formula is C29H21N3O3S2. The number of thioether (sulfide) groups is 1. The van der Waals surface area contributed by atoms with Crippen molar-refractivity contribution in [2.24, 2.45) is 5.92 Å². The minimum absolute atomic E-state index is 0.116. The number of aromatic nitrogens is 2. The number of para-hydroxylation sites is 2. The van der Waals surface area contributed by atoms with Crippen LogP contribution in [-0.4, -0.2) is 26.2 Å². The molecule has 0 saturated carbocycles. The second-order valence-corrected chi connectivity index (χ2v) is 11.4. The van der Waals surface area contributed by atoms with Crippen molar-refractivity contribution in [3.05, 3.63) is 117 Å². The quantitative estimate of drug-likeness (QED) is 0.344. The molecule has 182 valence electrons. The van der Waals surface area contributed by atoms with Crippen LogP contribution in [0.25, 0.3) is 16.6 Å². The van der Waals surface area contributed by atoms with Gasteiger partial charge < -0.3 is 4.57 Å². The van der Waals surface area contributed by atoms with E-state index in [1.165, 1.54) is 28.7 Å². The smallest absolute Gasteiger partial charge is 0.312 e. The molecule has 2 amide bonds. The van der Waals surface area contributed by atoms with Crippen LogP contribution in [0, 0.1) is 5.92 Å². The van der Waals surface area contributed by atoms with Crippen molar-refractivity contribution in [2.45, 2.75) is 22.7 Å². The molecule has 8 heteroatoms. The minimum atomic E-state index is -0.592. The summed E-state index contributed by atoms with van der Waals surface area (Å²) in [5.41, 5.74) is 3.94. The van der Waals surface area contributed by atoms with Crippen molar-refractivity contribution >= 4 is 45.8 Å². The zero-order valence-electron chi connectivity index (χ0n) is 19.5. The maximum atomic E-state index is 13.4. The molecule has 0 radical (unpaired) electrons. The average molecular weight is 524 g/mol. The third-order valence-corrected chi connectivity index (χ3v) is 9.71. The second-order valence-electron chi connectivity index (χ2n) is 9.32. The Morgan fingerprint density at radius 3 is 2.30 bits per heavy atom. The van der Waals surface area contributed by atoms with Crippen molar-refractivity contribution in [1.29, 1.82) is 0 Å². The second kappa shape index (κ2) is 8.61.